The summed E-state index contributed by atoms with van der Waals surface area (Å²) < 4.78 is 16.5. The van der Waals surface area contributed by atoms with Gasteiger partial charge in [-0.2, -0.15) is 0 Å². The second kappa shape index (κ2) is 13.9. The highest BCUT2D eigenvalue weighted by molar-refractivity contribution is 6.30. The molecule has 1 saturated carbocycles. The van der Waals surface area contributed by atoms with E-state index >= 15 is 0 Å². The van der Waals surface area contributed by atoms with Crippen molar-refractivity contribution in [3.63, 3.8) is 0 Å². The Hall–Kier alpha value is -1.34. The number of ether oxygens (including phenoxy) is 3. The van der Waals surface area contributed by atoms with Gasteiger partial charge in [-0.25, -0.2) is 4.79 Å². The van der Waals surface area contributed by atoms with Crippen molar-refractivity contribution in [2.75, 3.05) is 53.6 Å². The molecule has 1 amide bonds. The van der Waals surface area contributed by atoms with E-state index in [0.717, 1.165) is 71.6 Å². The van der Waals surface area contributed by atoms with E-state index in [-0.39, 0.29) is 12.1 Å². The number of likely N-dealkylation sites (N-methyl/N-ethyl adjacent to an activating group) is 1. The Balaban J connectivity index is 1.60. The van der Waals surface area contributed by atoms with E-state index < -0.39 is 0 Å². The maximum absolute atomic E-state index is 12.4. The number of carbonyl (C=O) groups excluding carboxylic acids is 1. The van der Waals surface area contributed by atoms with Crippen LogP contribution in [0.2, 0.25) is 5.02 Å². The van der Waals surface area contributed by atoms with Crippen molar-refractivity contribution in [1.82, 2.24) is 9.80 Å². The van der Waals surface area contributed by atoms with E-state index in [9.17, 15) is 4.79 Å². The summed E-state index contributed by atoms with van der Waals surface area (Å²) in [4.78, 5) is 16.5. The van der Waals surface area contributed by atoms with E-state index in [1.807, 2.05) is 7.05 Å². The second-order valence-corrected chi connectivity index (χ2v) is 8.40. The van der Waals surface area contributed by atoms with Gasteiger partial charge >= 0.3 is 6.09 Å². The van der Waals surface area contributed by atoms with Crippen molar-refractivity contribution < 1.29 is 19.0 Å². The Kier molecular flexibility index (Phi) is 11.5. The summed E-state index contributed by atoms with van der Waals surface area (Å²) in [6.45, 7) is 7.64. The van der Waals surface area contributed by atoms with Gasteiger partial charge in [-0.15, -0.1) is 0 Å². The van der Waals surface area contributed by atoms with Crippen LogP contribution in [0.15, 0.2) is 24.3 Å². The van der Waals surface area contributed by atoms with Crippen LogP contribution >= 0.6 is 11.6 Å². The number of rotatable bonds is 12. The second-order valence-electron chi connectivity index (χ2n) is 7.96. The van der Waals surface area contributed by atoms with Crippen LogP contribution in [0, 0.1) is 5.92 Å². The molecule has 1 aromatic rings. The molecular weight excluding hydrogens is 404 g/mol. The van der Waals surface area contributed by atoms with Crippen molar-refractivity contribution in [2.45, 2.75) is 45.1 Å². The molecule has 0 radical (unpaired) electrons. The van der Waals surface area contributed by atoms with Crippen LogP contribution in [0.25, 0.3) is 0 Å². The summed E-state index contributed by atoms with van der Waals surface area (Å²) in [5.74, 6) is 1.10. The first-order chi connectivity index (χ1) is 14.5. The van der Waals surface area contributed by atoms with Gasteiger partial charge in [-0.3, -0.25) is 0 Å². The quantitative estimate of drug-likeness (QED) is 0.441. The molecule has 2 rings (SSSR count). The smallest absolute Gasteiger partial charge is 0.410 e. The average molecular weight is 441 g/mol. The fourth-order valence-corrected chi connectivity index (χ4v) is 3.94. The van der Waals surface area contributed by atoms with Crippen LogP contribution in [0.1, 0.15) is 39.0 Å². The first kappa shape index (κ1) is 24.9. The molecular formula is C23H37ClN2O4. The summed E-state index contributed by atoms with van der Waals surface area (Å²) in [7, 11) is 3.56. The number of hydrogen-bond donors (Lipinski definition) is 0. The summed E-state index contributed by atoms with van der Waals surface area (Å²) >= 11 is 5.87. The summed E-state index contributed by atoms with van der Waals surface area (Å²) in [6, 6.07) is 7.07. The summed E-state index contributed by atoms with van der Waals surface area (Å²) in [6.07, 6.45) is 4.87. The third-order valence-electron chi connectivity index (χ3n) is 5.85. The Bertz CT molecular complexity index is 606. The molecule has 1 aliphatic carbocycles. The Morgan fingerprint density at radius 3 is 2.43 bits per heavy atom. The Morgan fingerprint density at radius 2 is 1.80 bits per heavy atom. The standard InChI is InChI=1S/C23H37ClN2O4/c1-4-26(15-17-28-3)14-5-16-29-18-19-6-10-21(11-7-19)25(2)23(27)30-22-12-8-20(24)9-13-22/h8-9,12-13,19,21H,4-7,10-11,14-18H2,1-3H3. The molecule has 6 nitrogen and oxygen atoms in total. The molecule has 0 atom stereocenters. The first-order valence-electron chi connectivity index (χ1n) is 11.0. The van der Waals surface area contributed by atoms with Crippen molar-refractivity contribution in [3.8, 4) is 5.75 Å². The minimum atomic E-state index is -0.314. The van der Waals surface area contributed by atoms with Crippen molar-refractivity contribution >= 4 is 17.7 Å². The number of nitrogens with zero attached hydrogens (tertiary/aromatic N) is 2. The van der Waals surface area contributed by atoms with Gasteiger partial charge in [0.15, 0.2) is 0 Å². The third kappa shape index (κ3) is 8.80. The average Bonchev–Trinajstić information content (AvgIpc) is 2.77. The molecule has 0 heterocycles. The molecule has 0 aliphatic heterocycles. The highest BCUT2D eigenvalue weighted by atomic mass is 35.5. The predicted molar refractivity (Wildman–Crippen MR) is 120 cm³/mol. The maximum atomic E-state index is 12.4. The molecule has 170 valence electrons. The Labute approximate surface area is 186 Å². The summed E-state index contributed by atoms with van der Waals surface area (Å²) in [5, 5.41) is 0.623. The normalized spacial score (nSPS) is 19.1. The summed E-state index contributed by atoms with van der Waals surface area (Å²) in [5.41, 5.74) is 0. The molecule has 0 saturated heterocycles. The zero-order valence-electron chi connectivity index (χ0n) is 18.6. The van der Waals surface area contributed by atoms with Crippen LogP contribution in [-0.4, -0.2) is 75.5 Å². The maximum Gasteiger partial charge on any atom is 0.415 e. The fraction of sp³-hybridized carbons (Fsp3) is 0.696. The van der Waals surface area contributed by atoms with Crippen LogP contribution in [0.5, 0.6) is 5.75 Å². The molecule has 0 N–H and O–H groups in total. The van der Waals surface area contributed by atoms with Crippen molar-refractivity contribution in [3.05, 3.63) is 29.3 Å². The molecule has 1 fully saturated rings. The number of amides is 1. The number of carbonyl (C=O) groups is 1. The fourth-order valence-electron chi connectivity index (χ4n) is 3.81. The predicted octanol–water partition coefficient (Wildman–Crippen LogP) is 4.70. The molecule has 7 heteroatoms. The third-order valence-corrected chi connectivity index (χ3v) is 6.10. The Morgan fingerprint density at radius 1 is 1.10 bits per heavy atom. The van der Waals surface area contributed by atoms with Gasteiger partial charge in [-0.1, -0.05) is 18.5 Å². The lowest BCUT2D eigenvalue weighted by atomic mass is 9.86. The van der Waals surface area contributed by atoms with E-state index in [1.54, 1.807) is 36.3 Å². The van der Waals surface area contributed by atoms with Crippen LogP contribution in [0.4, 0.5) is 4.79 Å². The molecule has 0 unspecified atom stereocenters. The van der Waals surface area contributed by atoms with Gasteiger partial charge < -0.3 is 24.0 Å². The van der Waals surface area contributed by atoms with E-state index in [2.05, 4.69) is 11.8 Å². The van der Waals surface area contributed by atoms with Crippen molar-refractivity contribution in [1.29, 1.82) is 0 Å². The van der Waals surface area contributed by atoms with Gasteiger partial charge in [0.2, 0.25) is 0 Å². The molecule has 30 heavy (non-hydrogen) atoms. The molecule has 0 bridgehead atoms. The lowest BCUT2D eigenvalue weighted by Gasteiger charge is -2.34. The lowest BCUT2D eigenvalue weighted by Crippen LogP contribution is -2.41. The van der Waals surface area contributed by atoms with Crippen molar-refractivity contribution in [2.24, 2.45) is 5.92 Å². The number of methoxy groups -OCH3 is 1. The minimum Gasteiger partial charge on any atom is -0.410 e. The van der Waals surface area contributed by atoms with Crippen LogP contribution < -0.4 is 4.74 Å². The van der Waals surface area contributed by atoms with E-state index in [0.29, 0.717) is 16.7 Å². The van der Waals surface area contributed by atoms with Gasteiger partial charge in [-0.05, 0) is 68.8 Å². The monoisotopic (exact) mass is 440 g/mol. The molecule has 1 aromatic carbocycles. The largest absolute Gasteiger partial charge is 0.415 e. The van der Waals surface area contributed by atoms with Gasteiger partial charge in [0.05, 0.1) is 6.61 Å². The number of halogens is 1. The molecule has 0 spiro atoms. The SMILES string of the molecule is CCN(CCCOCC1CCC(N(C)C(=O)Oc2ccc(Cl)cc2)CC1)CCOC. The first-order valence-corrected chi connectivity index (χ1v) is 11.4. The minimum absolute atomic E-state index is 0.222. The zero-order valence-corrected chi connectivity index (χ0v) is 19.4. The lowest BCUT2D eigenvalue weighted by molar-refractivity contribution is 0.0618. The number of benzene rings is 1. The van der Waals surface area contributed by atoms with Gasteiger partial charge in [0.25, 0.3) is 0 Å². The highest BCUT2D eigenvalue weighted by Gasteiger charge is 2.27. The zero-order chi connectivity index (χ0) is 21.8. The van der Waals surface area contributed by atoms with Crippen LogP contribution in [0.3, 0.4) is 0 Å². The van der Waals surface area contributed by atoms with E-state index in [4.69, 9.17) is 25.8 Å². The molecule has 1 aliphatic rings. The van der Waals surface area contributed by atoms with Crippen LogP contribution in [-0.2, 0) is 9.47 Å². The van der Waals surface area contributed by atoms with E-state index in [1.165, 1.54) is 0 Å². The van der Waals surface area contributed by atoms with Gasteiger partial charge in [0.1, 0.15) is 5.75 Å². The number of hydrogen-bond acceptors (Lipinski definition) is 5. The topological polar surface area (TPSA) is 51.2 Å². The molecule has 0 aromatic heterocycles. The van der Waals surface area contributed by atoms with Gasteiger partial charge in [0, 0.05) is 51.5 Å². The highest BCUT2D eigenvalue weighted by Crippen LogP contribution is 2.28.